The van der Waals surface area contributed by atoms with E-state index in [4.69, 9.17) is 27.9 Å². The first-order chi connectivity index (χ1) is 12.1. The van der Waals surface area contributed by atoms with Gasteiger partial charge >= 0.3 is 0 Å². The van der Waals surface area contributed by atoms with Gasteiger partial charge in [0.1, 0.15) is 11.8 Å². The second-order valence-corrected chi connectivity index (χ2v) is 6.60. The predicted octanol–water partition coefficient (Wildman–Crippen LogP) is 3.78. The van der Waals surface area contributed by atoms with Crippen molar-refractivity contribution in [2.75, 3.05) is 38.2 Å². The number of anilines is 1. The first kappa shape index (κ1) is 17.8. The fourth-order valence-electron chi connectivity index (χ4n) is 3.09. The van der Waals surface area contributed by atoms with Crippen LogP contribution in [0.1, 0.15) is 11.6 Å². The number of benzene rings is 1. The number of hydrogen-bond donors (Lipinski definition) is 0. The van der Waals surface area contributed by atoms with Crippen LogP contribution < -0.4 is 9.64 Å². The number of rotatable bonds is 4. The highest BCUT2D eigenvalue weighted by atomic mass is 35.5. The van der Waals surface area contributed by atoms with Crippen molar-refractivity contribution in [2.45, 2.75) is 6.04 Å². The standard InChI is InChI=1S/C18H18Cl2N4O/c1-25-14-4-2-3-13(9-14)17(10-21)23-5-7-24(8-6-23)18-15(19)11-22-12-16(18)20/h2-4,9,11-12,17H,5-8H2,1H3. The quantitative estimate of drug-likeness (QED) is 0.812. The van der Waals surface area contributed by atoms with Crippen molar-refractivity contribution in [1.82, 2.24) is 9.88 Å². The molecule has 0 amide bonds. The van der Waals surface area contributed by atoms with Crippen molar-refractivity contribution in [2.24, 2.45) is 0 Å². The molecule has 0 saturated carbocycles. The Kier molecular flexibility index (Phi) is 5.64. The minimum absolute atomic E-state index is 0.305. The molecule has 130 valence electrons. The van der Waals surface area contributed by atoms with Crippen molar-refractivity contribution in [3.8, 4) is 11.8 Å². The zero-order valence-corrected chi connectivity index (χ0v) is 15.3. The van der Waals surface area contributed by atoms with Gasteiger partial charge < -0.3 is 9.64 Å². The highest BCUT2D eigenvalue weighted by molar-refractivity contribution is 6.38. The van der Waals surface area contributed by atoms with Crippen LogP contribution in [0.4, 0.5) is 5.69 Å². The Morgan fingerprint density at radius 1 is 1.16 bits per heavy atom. The van der Waals surface area contributed by atoms with Gasteiger partial charge in [-0.1, -0.05) is 35.3 Å². The summed E-state index contributed by atoms with van der Waals surface area (Å²) in [5, 5.41) is 10.8. The number of aromatic nitrogens is 1. The van der Waals surface area contributed by atoms with E-state index in [1.54, 1.807) is 19.5 Å². The lowest BCUT2D eigenvalue weighted by atomic mass is 10.1. The number of piperazine rings is 1. The first-order valence-electron chi connectivity index (χ1n) is 7.95. The average Bonchev–Trinajstić information content (AvgIpc) is 2.63. The molecule has 5 nitrogen and oxygen atoms in total. The van der Waals surface area contributed by atoms with E-state index < -0.39 is 0 Å². The number of pyridine rings is 1. The lowest BCUT2D eigenvalue weighted by molar-refractivity contribution is 0.222. The van der Waals surface area contributed by atoms with Crippen molar-refractivity contribution >= 4 is 28.9 Å². The van der Waals surface area contributed by atoms with Crippen molar-refractivity contribution in [1.29, 1.82) is 5.26 Å². The summed E-state index contributed by atoms with van der Waals surface area (Å²) < 4.78 is 5.27. The first-order valence-corrected chi connectivity index (χ1v) is 8.71. The third-order valence-electron chi connectivity index (χ3n) is 4.36. The smallest absolute Gasteiger partial charge is 0.124 e. The van der Waals surface area contributed by atoms with Crippen LogP contribution in [0.2, 0.25) is 10.0 Å². The summed E-state index contributed by atoms with van der Waals surface area (Å²) in [6, 6.07) is 9.76. The average molecular weight is 377 g/mol. The Bertz CT molecular complexity index is 765. The predicted molar refractivity (Wildman–Crippen MR) is 99.4 cm³/mol. The molecule has 0 aliphatic carbocycles. The van der Waals surface area contributed by atoms with E-state index in [9.17, 15) is 5.26 Å². The topological polar surface area (TPSA) is 52.4 Å². The van der Waals surface area contributed by atoms with Gasteiger partial charge in [0.05, 0.1) is 28.9 Å². The van der Waals surface area contributed by atoms with Crippen molar-refractivity contribution in [3.05, 3.63) is 52.3 Å². The van der Waals surface area contributed by atoms with Crippen LogP contribution in [0.25, 0.3) is 0 Å². The fourth-order valence-corrected chi connectivity index (χ4v) is 3.69. The van der Waals surface area contributed by atoms with E-state index in [1.807, 2.05) is 24.3 Å². The molecular formula is C18H18Cl2N4O. The molecule has 25 heavy (non-hydrogen) atoms. The molecule has 0 N–H and O–H groups in total. The van der Waals surface area contributed by atoms with Crippen molar-refractivity contribution in [3.63, 3.8) is 0 Å². The summed E-state index contributed by atoms with van der Waals surface area (Å²) in [7, 11) is 1.63. The van der Waals surface area contributed by atoms with E-state index in [2.05, 4.69) is 20.9 Å². The Balaban J connectivity index is 1.73. The second kappa shape index (κ2) is 7.92. The van der Waals surface area contributed by atoms with Crippen LogP contribution in [-0.4, -0.2) is 43.2 Å². The summed E-state index contributed by atoms with van der Waals surface area (Å²) >= 11 is 12.5. The van der Waals surface area contributed by atoms with E-state index in [0.29, 0.717) is 10.0 Å². The zero-order chi connectivity index (χ0) is 17.8. The number of methoxy groups -OCH3 is 1. The number of nitrogens with zero attached hydrogens (tertiary/aromatic N) is 4. The van der Waals surface area contributed by atoms with Crippen molar-refractivity contribution < 1.29 is 4.74 Å². The maximum Gasteiger partial charge on any atom is 0.124 e. The van der Waals surface area contributed by atoms with Gasteiger partial charge in [0.25, 0.3) is 0 Å². The van der Waals surface area contributed by atoms with Gasteiger partial charge in [-0.2, -0.15) is 5.26 Å². The van der Waals surface area contributed by atoms with Gasteiger partial charge in [-0.25, -0.2) is 0 Å². The molecule has 0 radical (unpaired) electrons. The SMILES string of the molecule is COc1cccc(C(C#N)N2CCN(c3c(Cl)cncc3Cl)CC2)c1. The van der Waals surface area contributed by atoms with Gasteiger partial charge in [0.15, 0.2) is 0 Å². The molecule has 1 saturated heterocycles. The third-order valence-corrected chi connectivity index (χ3v) is 4.91. The maximum atomic E-state index is 9.67. The van der Waals surface area contributed by atoms with Crippen LogP contribution in [-0.2, 0) is 0 Å². The highest BCUT2D eigenvalue weighted by Gasteiger charge is 2.27. The van der Waals surface area contributed by atoms with Crippen LogP contribution in [0.5, 0.6) is 5.75 Å². The molecule has 2 aromatic rings. The Morgan fingerprint density at radius 2 is 1.84 bits per heavy atom. The number of halogens is 2. The van der Waals surface area contributed by atoms with Crippen LogP contribution in [0.3, 0.4) is 0 Å². The Morgan fingerprint density at radius 3 is 2.44 bits per heavy atom. The molecule has 1 fully saturated rings. The van der Waals surface area contributed by atoms with Gasteiger partial charge in [-0.3, -0.25) is 9.88 Å². The minimum Gasteiger partial charge on any atom is -0.497 e. The Labute approximate surface area is 157 Å². The second-order valence-electron chi connectivity index (χ2n) is 5.78. The molecule has 1 aromatic carbocycles. The molecule has 1 aromatic heterocycles. The van der Waals surface area contributed by atoms with E-state index in [1.165, 1.54) is 0 Å². The summed E-state index contributed by atoms with van der Waals surface area (Å²) in [5.74, 6) is 0.756. The largest absolute Gasteiger partial charge is 0.497 e. The summed E-state index contributed by atoms with van der Waals surface area (Å²) in [4.78, 5) is 8.30. The molecule has 1 atom stereocenters. The van der Waals surface area contributed by atoms with Gasteiger partial charge in [0.2, 0.25) is 0 Å². The van der Waals surface area contributed by atoms with E-state index in [-0.39, 0.29) is 6.04 Å². The molecule has 0 bridgehead atoms. The zero-order valence-electron chi connectivity index (χ0n) is 13.8. The molecule has 1 unspecified atom stereocenters. The molecule has 1 aliphatic heterocycles. The van der Waals surface area contributed by atoms with Crippen LogP contribution in [0.15, 0.2) is 36.7 Å². The molecule has 3 rings (SSSR count). The van der Waals surface area contributed by atoms with Gasteiger partial charge in [-0.05, 0) is 17.7 Å². The highest BCUT2D eigenvalue weighted by Crippen LogP contribution is 2.34. The molecule has 0 spiro atoms. The number of hydrogen-bond acceptors (Lipinski definition) is 5. The Hall–Kier alpha value is -2.00. The summed E-state index contributed by atoms with van der Waals surface area (Å²) in [5.41, 5.74) is 1.75. The molecule has 2 heterocycles. The summed E-state index contributed by atoms with van der Waals surface area (Å²) in [6.07, 6.45) is 3.20. The lowest BCUT2D eigenvalue weighted by Gasteiger charge is -2.38. The van der Waals surface area contributed by atoms with Gasteiger partial charge in [-0.15, -0.1) is 0 Å². The van der Waals surface area contributed by atoms with E-state index >= 15 is 0 Å². The molecule has 7 heteroatoms. The van der Waals surface area contributed by atoms with Gasteiger partial charge in [0, 0.05) is 38.6 Å². The minimum atomic E-state index is -0.305. The number of ether oxygens (including phenoxy) is 1. The van der Waals surface area contributed by atoms with E-state index in [0.717, 1.165) is 43.2 Å². The summed E-state index contributed by atoms with van der Waals surface area (Å²) in [6.45, 7) is 2.96. The van der Waals surface area contributed by atoms with Crippen LogP contribution >= 0.6 is 23.2 Å². The maximum absolute atomic E-state index is 9.67. The molecule has 1 aliphatic rings. The normalized spacial score (nSPS) is 16.3. The monoisotopic (exact) mass is 376 g/mol. The molecular weight excluding hydrogens is 359 g/mol. The fraction of sp³-hybridized carbons (Fsp3) is 0.333. The number of nitriles is 1. The third kappa shape index (κ3) is 3.82. The van der Waals surface area contributed by atoms with Crippen LogP contribution in [0, 0.1) is 11.3 Å². The lowest BCUT2D eigenvalue weighted by Crippen LogP contribution is -2.47.